The normalized spacial score (nSPS) is 17.8. The van der Waals surface area contributed by atoms with Crippen LogP contribution in [0.15, 0.2) is 18.2 Å². The van der Waals surface area contributed by atoms with Crippen LogP contribution in [0.25, 0.3) is 0 Å². The Balaban J connectivity index is 2.45. The van der Waals surface area contributed by atoms with Crippen molar-refractivity contribution >= 4 is 5.78 Å². The molecule has 0 saturated carbocycles. The maximum Gasteiger partial charge on any atom is 0.172 e. The fourth-order valence-electron chi connectivity index (χ4n) is 1.65. The van der Waals surface area contributed by atoms with Crippen LogP contribution in [-0.4, -0.2) is 24.7 Å². The number of Topliss-reactive ketones (excluding diaryl/α,β-unsaturated/α-hetero) is 1. The quantitative estimate of drug-likeness (QED) is 0.780. The zero-order valence-corrected chi connectivity index (χ0v) is 8.30. The molecule has 1 heterocycles. The zero-order valence-electron chi connectivity index (χ0n) is 8.30. The van der Waals surface area contributed by atoms with Gasteiger partial charge in [-0.15, -0.1) is 0 Å². The first-order chi connectivity index (χ1) is 7.60. The van der Waals surface area contributed by atoms with Gasteiger partial charge in [-0.25, -0.2) is 13.2 Å². The van der Waals surface area contributed by atoms with E-state index in [1.807, 2.05) is 0 Å². The predicted octanol–water partition coefficient (Wildman–Crippen LogP) is 2.47. The smallest absolute Gasteiger partial charge is 0.172 e. The third kappa shape index (κ3) is 1.66. The van der Waals surface area contributed by atoms with Crippen molar-refractivity contribution < 1.29 is 22.7 Å². The van der Waals surface area contributed by atoms with E-state index in [0.717, 1.165) is 12.1 Å². The summed E-state index contributed by atoms with van der Waals surface area (Å²) in [5.41, 5.74) is -1.61. The molecule has 0 aromatic heterocycles. The molecule has 0 fully saturated rings. The number of benzene rings is 1. The lowest BCUT2D eigenvalue weighted by molar-refractivity contribution is 0.00408. The minimum atomic E-state index is -1.78. The number of alkyl halides is 2. The van der Waals surface area contributed by atoms with Gasteiger partial charge in [0.05, 0.1) is 12.0 Å². The number of carbonyl (C=O) groups excluding carboxylic acids is 1. The van der Waals surface area contributed by atoms with Gasteiger partial charge in [-0.05, 0) is 12.1 Å². The summed E-state index contributed by atoms with van der Waals surface area (Å²) in [7, 11) is 0. The predicted molar refractivity (Wildman–Crippen MR) is 50.7 cm³/mol. The van der Waals surface area contributed by atoms with Gasteiger partial charge in [-0.1, -0.05) is 0 Å². The molecule has 2 rings (SSSR count). The molecule has 0 radical (unpaired) electrons. The van der Waals surface area contributed by atoms with Crippen molar-refractivity contribution in [2.24, 2.45) is 0 Å². The molecule has 0 aliphatic carbocycles. The summed E-state index contributed by atoms with van der Waals surface area (Å²) >= 11 is 0. The summed E-state index contributed by atoms with van der Waals surface area (Å²) < 4.78 is 43.3. The Labute approximate surface area is 90.0 Å². The largest absolute Gasteiger partial charge is 0.480 e. The Bertz CT molecular complexity index is 427. The second kappa shape index (κ2) is 3.81. The lowest BCUT2D eigenvalue weighted by Gasteiger charge is -2.33. The summed E-state index contributed by atoms with van der Waals surface area (Å²) in [4.78, 5) is 11.6. The molecule has 1 aliphatic heterocycles. The van der Waals surface area contributed by atoms with Crippen molar-refractivity contribution in [2.75, 3.05) is 13.3 Å². The van der Waals surface area contributed by atoms with E-state index < -0.39 is 30.6 Å². The SMILES string of the molecule is O=C1CC(CF)(CF)Oc2cc(F)ccc21. The lowest BCUT2D eigenvalue weighted by atomic mass is 9.92. The van der Waals surface area contributed by atoms with Gasteiger partial charge in [0.2, 0.25) is 0 Å². The van der Waals surface area contributed by atoms with Gasteiger partial charge in [-0.3, -0.25) is 4.79 Å². The average molecular weight is 230 g/mol. The van der Waals surface area contributed by atoms with E-state index in [4.69, 9.17) is 4.74 Å². The van der Waals surface area contributed by atoms with E-state index in [1.54, 1.807) is 0 Å². The van der Waals surface area contributed by atoms with Crippen LogP contribution < -0.4 is 4.74 Å². The molecule has 0 atom stereocenters. The van der Waals surface area contributed by atoms with E-state index in [1.165, 1.54) is 6.07 Å². The second-order valence-corrected chi connectivity index (χ2v) is 3.79. The average Bonchev–Trinajstić information content (AvgIpc) is 2.28. The van der Waals surface area contributed by atoms with Gasteiger partial charge in [0, 0.05) is 6.07 Å². The van der Waals surface area contributed by atoms with E-state index in [2.05, 4.69) is 0 Å². The van der Waals surface area contributed by atoms with E-state index in [-0.39, 0.29) is 17.7 Å². The van der Waals surface area contributed by atoms with Gasteiger partial charge < -0.3 is 4.74 Å². The number of rotatable bonds is 2. The molecule has 0 amide bonds. The number of ether oxygens (including phenoxy) is 1. The van der Waals surface area contributed by atoms with Crippen LogP contribution in [0.5, 0.6) is 5.75 Å². The Morgan fingerprint density at radius 1 is 1.31 bits per heavy atom. The van der Waals surface area contributed by atoms with Crippen molar-refractivity contribution in [3.05, 3.63) is 29.6 Å². The van der Waals surface area contributed by atoms with Crippen LogP contribution in [0.1, 0.15) is 16.8 Å². The van der Waals surface area contributed by atoms with Crippen LogP contribution in [-0.2, 0) is 0 Å². The fraction of sp³-hybridized carbons (Fsp3) is 0.364. The number of fused-ring (bicyclic) bond motifs is 1. The molecule has 0 N–H and O–H groups in total. The highest BCUT2D eigenvalue weighted by Crippen LogP contribution is 2.34. The van der Waals surface area contributed by atoms with E-state index in [0.29, 0.717) is 0 Å². The van der Waals surface area contributed by atoms with Crippen molar-refractivity contribution in [3.8, 4) is 5.75 Å². The summed E-state index contributed by atoms with van der Waals surface area (Å²) in [6, 6.07) is 3.33. The Hall–Kier alpha value is -1.52. The molecule has 5 heteroatoms. The molecule has 0 bridgehead atoms. The van der Waals surface area contributed by atoms with Gasteiger partial charge in [-0.2, -0.15) is 0 Å². The zero-order chi connectivity index (χ0) is 11.8. The highest BCUT2D eigenvalue weighted by Gasteiger charge is 2.41. The van der Waals surface area contributed by atoms with Gasteiger partial charge in [0.1, 0.15) is 24.9 Å². The number of hydrogen-bond donors (Lipinski definition) is 0. The Morgan fingerprint density at radius 2 is 2.00 bits per heavy atom. The highest BCUT2D eigenvalue weighted by molar-refractivity contribution is 6.00. The van der Waals surface area contributed by atoms with Gasteiger partial charge in [0.15, 0.2) is 11.4 Å². The summed E-state index contributed by atoms with van der Waals surface area (Å²) in [6.07, 6.45) is -0.362. The lowest BCUT2D eigenvalue weighted by Crippen LogP contribution is -2.46. The number of ketones is 1. The number of hydrogen-bond acceptors (Lipinski definition) is 2. The van der Waals surface area contributed by atoms with Crippen LogP contribution in [0.3, 0.4) is 0 Å². The van der Waals surface area contributed by atoms with Crippen LogP contribution in [0, 0.1) is 5.82 Å². The molecular weight excluding hydrogens is 221 g/mol. The summed E-state index contributed by atoms with van der Waals surface area (Å²) in [6.45, 7) is -2.24. The molecule has 1 aromatic rings. The number of halogens is 3. The van der Waals surface area contributed by atoms with Gasteiger partial charge >= 0.3 is 0 Å². The van der Waals surface area contributed by atoms with E-state index >= 15 is 0 Å². The van der Waals surface area contributed by atoms with E-state index in [9.17, 15) is 18.0 Å². The Morgan fingerprint density at radius 3 is 2.62 bits per heavy atom. The van der Waals surface area contributed by atoms with Crippen molar-refractivity contribution in [3.63, 3.8) is 0 Å². The maximum atomic E-state index is 12.9. The van der Waals surface area contributed by atoms with Crippen LogP contribution in [0.4, 0.5) is 13.2 Å². The molecule has 0 spiro atoms. The third-order valence-corrected chi connectivity index (χ3v) is 2.54. The first kappa shape index (κ1) is 11.0. The van der Waals surface area contributed by atoms with Crippen molar-refractivity contribution in [2.45, 2.75) is 12.0 Å². The van der Waals surface area contributed by atoms with Crippen LogP contribution in [0.2, 0.25) is 0 Å². The minimum absolute atomic E-state index is 0.0912. The fourth-order valence-corrected chi connectivity index (χ4v) is 1.65. The molecule has 1 aliphatic rings. The van der Waals surface area contributed by atoms with Crippen molar-refractivity contribution in [1.82, 2.24) is 0 Å². The van der Waals surface area contributed by atoms with Gasteiger partial charge in [0.25, 0.3) is 0 Å². The topological polar surface area (TPSA) is 26.3 Å². The summed E-state index contributed by atoms with van der Waals surface area (Å²) in [5, 5.41) is 0. The molecular formula is C11H9F3O2. The first-order valence-electron chi connectivity index (χ1n) is 4.74. The summed E-state index contributed by atoms with van der Waals surface area (Å²) in [5.74, 6) is -1.14. The Kier molecular flexibility index (Phi) is 2.61. The first-order valence-corrected chi connectivity index (χ1v) is 4.74. The molecule has 2 nitrogen and oxygen atoms in total. The molecule has 16 heavy (non-hydrogen) atoms. The third-order valence-electron chi connectivity index (χ3n) is 2.54. The van der Waals surface area contributed by atoms with Crippen molar-refractivity contribution in [1.29, 1.82) is 0 Å². The molecule has 86 valence electrons. The molecule has 0 unspecified atom stereocenters. The molecule has 1 aromatic carbocycles. The highest BCUT2D eigenvalue weighted by atomic mass is 19.1. The standard InChI is InChI=1S/C11H9F3O2/c12-5-11(6-13)4-9(15)8-2-1-7(14)3-10(8)16-11/h1-3H,4-6H2. The number of carbonyl (C=O) groups is 1. The maximum absolute atomic E-state index is 12.9. The second-order valence-electron chi connectivity index (χ2n) is 3.79. The molecule has 0 saturated heterocycles. The minimum Gasteiger partial charge on any atom is -0.480 e. The monoisotopic (exact) mass is 230 g/mol. The van der Waals surface area contributed by atoms with Crippen LogP contribution >= 0.6 is 0 Å².